The number of alkyl halides is 1. The van der Waals surface area contributed by atoms with Gasteiger partial charge in [0.2, 0.25) is 0 Å². The molecule has 1 aromatic carbocycles. The molecular weight excluding hydrogens is 262 g/mol. The van der Waals surface area contributed by atoms with Crippen molar-refractivity contribution in [2.75, 3.05) is 5.88 Å². The number of nitrogens with zero attached hydrogens (tertiary/aromatic N) is 2. The number of benzene rings is 1. The fourth-order valence-corrected chi connectivity index (χ4v) is 1.60. The standard InChI is InChI=1S/C14H14ClN3O/c1-10-7-11(19-12-3-2-6-17-9-12)4-5-13(10)18-14(16)8-15/h2-7,9H,8H2,1H3,(H2,16,18). The monoisotopic (exact) mass is 275 g/mol. The Bertz CT molecular complexity index is 584. The molecular formula is C14H14ClN3O. The van der Waals surface area contributed by atoms with Crippen molar-refractivity contribution in [3.05, 3.63) is 48.3 Å². The normalized spacial score (nSPS) is 11.4. The number of ether oxygens (including phenoxy) is 1. The minimum Gasteiger partial charge on any atom is -0.456 e. The average Bonchev–Trinajstić information content (AvgIpc) is 2.43. The molecule has 2 aromatic rings. The van der Waals surface area contributed by atoms with Gasteiger partial charge in [-0.25, -0.2) is 4.99 Å². The van der Waals surface area contributed by atoms with Gasteiger partial charge in [0.1, 0.15) is 17.3 Å². The zero-order valence-corrected chi connectivity index (χ0v) is 11.3. The average molecular weight is 276 g/mol. The summed E-state index contributed by atoms with van der Waals surface area (Å²) in [4.78, 5) is 8.21. The molecule has 4 nitrogen and oxygen atoms in total. The lowest BCUT2D eigenvalue weighted by Crippen LogP contribution is -2.12. The number of rotatable bonds is 4. The molecule has 0 bridgehead atoms. The predicted octanol–water partition coefficient (Wildman–Crippen LogP) is 3.41. The van der Waals surface area contributed by atoms with Crippen LogP contribution < -0.4 is 10.5 Å². The van der Waals surface area contributed by atoms with Crippen LogP contribution in [0.5, 0.6) is 11.5 Å². The van der Waals surface area contributed by atoms with Crippen molar-refractivity contribution >= 4 is 23.1 Å². The lowest BCUT2D eigenvalue weighted by Gasteiger charge is -2.07. The highest BCUT2D eigenvalue weighted by Crippen LogP contribution is 2.27. The number of pyridine rings is 1. The van der Waals surface area contributed by atoms with Crippen LogP contribution in [0, 0.1) is 6.92 Å². The minimum atomic E-state index is 0.216. The van der Waals surface area contributed by atoms with Gasteiger partial charge >= 0.3 is 0 Å². The molecule has 0 saturated heterocycles. The molecule has 0 aliphatic heterocycles. The molecule has 0 amide bonds. The van der Waals surface area contributed by atoms with Crippen molar-refractivity contribution in [1.29, 1.82) is 0 Å². The van der Waals surface area contributed by atoms with E-state index in [-0.39, 0.29) is 5.88 Å². The zero-order chi connectivity index (χ0) is 13.7. The number of hydrogen-bond acceptors (Lipinski definition) is 3. The first-order chi connectivity index (χ1) is 9.19. The second kappa shape index (κ2) is 6.20. The molecule has 19 heavy (non-hydrogen) atoms. The van der Waals surface area contributed by atoms with E-state index in [2.05, 4.69) is 9.98 Å². The summed E-state index contributed by atoms with van der Waals surface area (Å²) in [5.41, 5.74) is 7.37. The topological polar surface area (TPSA) is 60.5 Å². The van der Waals surface area contributed by atoms with Crippen LogP contribution in [0.4, 0.5) is 5.69 Å². The lowest BCUT2D eigenvalue weighted by molar-refractivity contribution is 0.480. The van der Waals surface area contributed by atoms with Crippen LogP contribution in [0.2, 0.25) is 0 Å². The molecule has 0 fully saturated rings. The van der Waals surface area contributed by atoms with Gasteiger partial charge in [-0.1, -0.05) is 0 Å². The number of aliphatic imine (C=N–C) groups is 1. The highest BCUT2D eigenvalue weighted by molar-refractivity contribution is 6.28. The fourth-order valence-electron chi connectivity index (χ4n) is 1.55. The maximum Gasteiger partial charge on any atom is 0.145 e. The van der Waals surface area contributed by atoms with Gasteiger partial charge in [-0.3, -0.25) is 4.98 Å². The molecule has 0 spiro atoms. The molecule has 2 N–H and O–H groups in total. The zero-order valence-electron chi connectivity index (χ0n) is 10.5. The Morgan fingerprint density at radius 2 is 2.21 bits per heavy atom. The number of hydrogen-bond donors (Lipinski definition) is 1. The van der Waals surface area contributed by atoms with Crippen molar-refractivity contribution in [2.24, 2.45) is 10.7 Å². The first-order valence-corrected chi connectivity index (χ1v) is 6.30. The van der Waals surface area contributed by atoms with Crippen LogP contribution in [0.25, 0.3) is 0 Å². The van der Waals surface area contributed by atoms with E-state index in [0.717, 1.165) is 17.0 Å². The Balaban J connectivity index is 2.20. The van der Waals surface area contributed by atoms with Crippen molar-refractivity contribution in [1.82, 2.24) is 4.98 Å². The largest absolute Gasteiger partial charge is 0.456 e. The van der Waals surface area contributed by atoms with Crippen LogP contribution in [-0.4, -0.2) is 16.7 Å². The summed E-state index contributed by atoms with van der Waals surface area (Å²) in [5.74, 6) is 2.03. The van der Waals surface area contributed by atoms with Crippen LogP contribution in [0.15, 0.2) is 47.7 Å². The summed E-state index contributed by atoms with van der Waals surface area (Å²) in [6.07, 6.45) is 3.36. The number of nitrogens with two attached hydrogens (primary N) is 1. The van der Waals surface area contributed by atoms with E-state index in [4.69, 9.17) is 22.1 Å². The molecule has 1 aromatic heterocycles. The molecule has 0 unspecified atom stereocenters. The van der Waals surface area contributed by atoms with Gasteiger partial charge in [0.25, 0.3) is 0 Å². The van der Waals surface area contributed by atoms with Crippen molar-refractivity contribution < 1.29 is 4.74 Å². The molecule has 0 aliphatic rings. The Kier molecular flexibility index (Phi) is 4.36. The van der Waals surface area contributed by atoms with E-state index in [1.165, 1.54) is 0 Å². The Morgan fingerprint density at radius 1 is 1.37 bits per heavy atom. The van der Waals surface area contributed by atoms with Crippen LogP contribution in [0.3, 0.4) is 0 Å². The van der Waals surface area contributed by atoms with E-state index in [1.54, 1.807) is 12.4 Å². The molecule has 1 heterocycles. The van der Waals surface area contributed by atoms with Crippen LogP contribution in [0.1, 0.15) is 5.56 Å². The van der Waals surface area contributed by atoms with E-state index < -0.39 is 0 Å². The number of halogens is 1. The second-order valence-electron chi connectivity index (χ2n) is 3.98. The van der Waals surface area contributed by atoms with E-state index in [0.29, 0.717) is 11.6 Å². The molecule has 0 aliphatic carbocycles. The van der Waals surface area contributed by atoms with Crippen LogP contribution in [-0.2, 0) is 0 Å². The highest BCUT2D eigenvalue weighted by Gasteiger charge is 2.02. The van der Waals surface area contributed by atoms with Gasteiger partial charge in [-0.05, 0) is 42.8 Å². The quantitative estimate of drug-likeness (QED) is 0.528. The van der Waals surface area contributed by atoms with Gasteiger partial charge in [0, 0.05) is 6.20 Å². The molecule has 5 heteroatoms. The number of aromatic nitrogens is 1. The summed E-state index contributed by atoms with van der Waals surface area (Å²) < 4.78 is 5.68. The van der Waals surface area contributed by atoms with Gasteiger partial charge in [0.05, 0.1) is 17.8 Å². The Hall–Kier alpha value is -2.07. The Labute approximate surface area is 116 Å². The molecule has 98 valence electrons. The smallest absolute Gasteiger partial charge is 0.145 e. The van der Waals surface area contributed by atoms with Gasteiger partial charge in [-0.15, -0.1) is 11.6 Å². The summed E-state index contributed by atoms with van der Waals surface area (Å²) in [5, 5.41) is 0. The minimum absolute atomic E-state index is 0.216. The third-order valence-electron chi connectivity index (χ3n) is 2.44. The number of aryl methyl sites for hydroxylation is 1. The van der Waals surface area contributed by atoms with Crippen molar-refractivity contribution in [3.63, 3.8) is 0 Å². The van der Waals surface area contributed by atoms with Crippen LogP contribution >= 0.6 is 11.6 Å². The van der Waals surface area contributed by atoms with Crippen molar-refractivity contribution in [3.8, 4) is 11.5 Å². The van der Waals surface area contributed by atoms with E-state index >= 15 is 0 Å². The molecule has 2 rings (SSSR count). The van der Waals surface area contributed by atoms with Gasteiger partial charge in [0.15, 0.2) is 0 Å². The number of amidine groups is 1. The summed E-state index contributed by atoms with van der Waals surface area (Å²) in [6.45, 7) is 1.94. The molecule has 0 atom stereocenters. The fraction of sp³-hybridized carbons (Fsp3) is 0.143. The third-order valence-corrected chi connectivity index (χ3v) is 2.71. The van der Waals surface area contributed by atoms with Crippen molar-refractivity contribution in [2.45, 2.75) is 6.92 Å². The molecule has 0 radical (unpaired) electrons. The van der Waals surface area contributed by atoms with E-state index in [9.17, 15) is 0 Å². The highest BCUT2D eigenvalue weighted by atomic mass is 35.5. The predicted molar refractivity (Wildman–Crippen MR) is 77.5 cm³/mol. The maximum atomic E-state index is 5.68. The summed E-state index contributed by atoms with van der Waals surface area (Å²) in [7, 11) is 0. The molecule has 0 saturated carbocycles. The summed E-state index contributed by atoms with van der Waals surface area (Å²) in [6, 6.07) is 9.25. The lowest BCUT2D eigenvalue weighted by atomic mass is 10.2. The first-order valence-electron chi connectivity index (χ1n) is 5.76. The first kappa shape index (κ1) is 13.4. The second-order valence-corrected chi connectivity index (χ2v) is 4.24. The third kappa shape index (κ3) is 3.69. The Morgan fingerprint density at radius 3 is 2.84 bits per heavy atom. The maximum absolute atomic E-state index is 5.68. The van der Waals surface area contributed by atoms with Gasteiger partial charge < -0.3 is 10.5 Å². The van der Waals surface area contributed by atoms with Gasteiger partial charge in [-0.2, -0.15) is 0 Å². The van der Waals surface area contributed by atoms with E-state index in [1.807, 2.05) is 37.3 Å². The summed E-state index contributed by atoms with van der Waals surface area (Å²) >= 11 is 5.61. The SMILES string of the molecule is Cc1cc(Oc2cccnc2)ccc1N=C(N)CCl.